The molecule has 1 heterocycles. The van der Waals surface area contributed by atoms with Crippen LogP contribution in [0.15, 0.2) is 42.5 Å². The van der Waals surface area contributed by atoms with Gasteiger partial charge in [-0.15, -0.1) is 10.2 Å². The molecule has 0 spiro atoms. The fraction of sp³-hybridized carbons (Fsp3) is 0.0556. The average Bonchev–Trinajstić information content (AvgIpc) is 3.20. The third kappa shape index (κ3) is 5.19. The number of amides is 2. The monoisotopic (exact) mass is 400 g/mol. The first-order valence-corrected chi connectivity index (χ1v) is 8.12. The Bertz CT molecular complexity index is 1050. The Hall–Kier alpha value is -4.15. The van der Waals surface area contributed by atoms with Crippen molar-refractivity contribution in [2.45, 2.75) is 0 Å². The molecule has 2 aromatic carbocycles. The minimum absolute atomic E-state index is 0.0567. The number of esters is 1. The summed E-state index contributed by atoms with van der Waals surface area (Å²) in [6, 6.07) is 6.69. The van der Waals surface area contributed by atoms with Crippen molar-refractivity contribution in [3.63, 3.8) is 0 Å². The predicted octanol–water partition coefficient (Wildman–Crippen LogP) is 2.98. The molecular weight excluding hydrogens is 386 g/mol. The van der Waals surface area contributed by atoms with E-state index in [1.807, 2.05) is 0 Å². The van der Waals surface area contributed by atoms with Gasteiger partial charge in [0.1, 0.15) is 11.6 Å². The van der Waals surface area contributed by atoms with Gasteiger partial charge in [0.2, 0.25) is 5.82 Å². The van der Waals surface area contributed by atoms with Gasteiger partial charge in [-0.1, -0.05) is 6.07 Å². The fourth-order valence-corrected chi connectivity index (χ4v) is 2.38. The summed E-state index contributed by atoms with van der Waals surface area (Å²) in [5, 5.41) is 18.4. The second kappa shape index (κ2) is 8.69. The van der Waals surface area contributed by atoms with E-state index in [1.54, 1.807) is 18.2 Å². The van der Waals surface area contributed by atoms with Crippen LogP contribution in [-0.4, -0.2) is 39.7 Å². The highest BCUT2D eigenvalue weighted by molar-refractivity contribution is 6.02. The van der Waals surface area contributed by atoms with E-state index in [0.717, 1.165) is 12.1 Å². The van der Waals surface area contributed by atoms with Gasteiger partial charge < -0.3 is 15.4 Å². The van der Waals surface area contributed by atoms with Crippen LogP contribution in [0, 0.1) is 11.6 Å². The highest BCUT2D eigenvalue weighted by Crippen LogP contribution is 2.27. The van der Waals surface area contributed by atoms with Crippen molar-refractivity contribution in [3.8, 4) is 11.4 Å². The smallest absolute Gasteiger partial charge is 0.330 e. The second-order valence-corrected chi connectivity index (χ2v) is 5.63. The first kappa shape index (κ1) is 19.6. The lowest BCUT2D eigenvalue weighted by molar-refractivity contribution is -0.134. The maximum Gasteiger partial charge on any atom is 0.330 e. The van der Waals surface area contributed by atoms with Crippen LogP contribution in [0.5, 0.6) is 0 Å². The van der Waals surface area contributed by atoms with E-state index in [1.165, 1.54) is 19.3 Å². The largest absolute Gasteiger partial charge is 0.466 e. The summed E-state index contributed by atoms with van der Waals surface area (Å²) in [7, 11) is 1.26. The summed E-state index contributed by atoms with van der Waals surface area (Å²) in [6.07, 6.45) is 2.74. The Morgan fingerprint density at radius 3 is 2.52 bits per heavy atom. The van der Waals surface area contributed by atoms with E-state index in [0.29, 0.717) is 22.9 Å². The SMILES string of the molecule is COC(=O)/C=C/c1ccc(NC(=O)Nc2cc(F)cc(F)c2)c(-c2nn[nH]n2)c1. The molecular formula is C18H14F2N6O3. The zero-order valence-electron chi connectivity index (χ0n) is 14.9. The van der Waals surface area contributed by atoms with Crippen molar-refractivity contribution >= 4 is 29.5 Å². The van der Waals surface area contributed by atoms with Gasteiger partial charge in [-0.3, -0.25) is 0 Å². The number of benzene rings is 2. The molecule has 0 saturated heterocycles. The topological polar surface area (TPSA) is 122 Å². The van der Waals surface area contributed by atoms with E-state index in [4.69, 9.17) is 0 Å². The molecule has 29 heavy (non-hydrogen) atoms. The summed E-state index contributed by atoms with van der Waals surface area (Å²) in [6.45, 7) is 0. The first-order valence-electron chi connectivity index (χ1n) is 8.12. The molecule has 0 atom stereocenters. The molecule has 0 fully saturated rings. The molecule has 0 aliphatic carbocycles. The van der Waals surface area contributed by atoms with Gasteiger partial charge in [0, 0.05) is 23.4 Å². The van der Waals surface area contributed by atoms with Crippen molar-refractivity contribution in [2.75, 3.05) is 17.7 Å². The number of ether oxygens (including phenoxy) is 1. The minimum Gasteiger partial charge on any atom is -0.466 e. The number of hydrogen-bond acceptors (Lipinski definition) is 6. The van der Waals surface area contributed by atoms with Gasteiger partial charge in [0.15, 0.2) is 0 Å². The number of carbonyl (C=O) groups is 2. The van der Waals surface area contributed by atoms with Crippen molar-refractivity contribution in [3.05, 3.63) is 59.7 Å². The molecule has 1 aromatic heterocycles. The molecule has 0 unspecified atom stereocenters. The summed E-state index contributed by atoms with van der Waals surface area (Å²) in [5.74, 6) is -2.00. The van der Waals surface area contributed by atoms with Crippen LogP contribution in [0.2, 0.25) is 0 Å². The van der Waals surface area contributed by atoms with Crippen molar-refractivity contribution < 1.29 is 23.1 Å². The molecule has 148 valence electrons. The maximum absolute atomic E-state index is 13.3. The highest BCUT2D eigenvalue weighted by Gasteiger charge is 2.13. The number of urea groups is 1. The van der Waals surface area contributed by atoms with Gasteiger partial charge in [0.25, 0.3) is 0 Å². The van der Waals surface area contributed by atoms with Crippen molar-refractivity contribution in [2.24, 2.45) is 0 Å². The molecule has 0 saturated carbocycles. The third-order valence-corrected chi connectivity index (χ3v) is 3.61. The Morgan fingerprint density at radius 2 is 1.86 bits per heavy atom. The molecule has 2 amide bonds. The number of methoxy groups -OCH3 is 1. The number of anilines is 2. The normalized spacial score (nSPS) is 10.7. The van der Waals surface area contributed by atoms with Gasteiger partial charge in [-0.25, -0.2) is 18.4 Å². The zero-order chi connectivity index (χ0) is 20.8. The van der Waals surface area contributed by atoms with Gasteiger partial charge in [-0.05, 0) is 41.1 Å². The van der Waals surface area contributed by atoms with Gasteiger partial charge in [-0.2, -0.15) is 5.21 Å². The van der Waals surface area contributed by atoms with E-state index >= 15 is 0 Å². The van der Waals surface area contributed by atoms with Crippen LogP contribution >= 0.6 is 0 Å². The quantitative estimate of drug-likeness (QED) is 0.447. The second-order valence-electron chi connectivity index (χ2n) is 5.63. The average molecular weight is 400 g/mol. The molecule has 0 aliphatic rings. The number of H-pyrrole nitrogens is 1. The van der Waals surface area contributed by atoms with E-state index in [9.17, 15) is 18.4 Å². The summed E-state index contributed by atoms with van der Waals surface area (Å²) in [4.78, 5) is 23.5. The number of aromatic nitrogens is 4. The number of nitrogens with zero attached hydrogens (tertiary/aromatic N) is 3. The zero-order valence-corrected chi connectivity index (χ0v) is 14.9. The van der Waals surface area contributed by atoms with E-state index < -0.39 is 23.6 Å². The maximum atomic E-state index is 13.3. The number of halogens is 2. The third-order valence-electron chi connectivity index (χ3n) is 3.61. The lowest BCUT2D eigenvalue weighted by Crippen LogP contribution is -2.20. The van der Waals surface area contributed by atoms with Crippen LogP contribution in [-0.2, 0) is 9.53 Å². The number of rotatable bonds is 5. The first-order chi connectivity index (χ1) is 13.9. The minimum atomic E-state index is -0.825. The standard InChI is InChI=1S/C18H14F2N6O3/c1-29-16(27)5-3-10-2-4-15(14(6-10)17-23-25-26-24-17)22-18(28)21-13-8-11(19)7-12(20)9-13/h2-9H,1H3,(H2,21,22,28)(H,23,24,25,26)/b5-3+. The highest BCUT2D eigenvalue weighted by atomic mass is 19.1. The molecule has 9 nitrogen and oxygen atoms in total. The Labute approximate surface area is 162 Å². The molecule has 3 aromatic rings. The summed E-state index contributed by atoms with van der Waals surface area (Å²) >= 11 is 0. The van der Waals surface area contributed by atoms with Crippen LogP contribution < -0.4 is 10.6 Å². The predicted molar refractivity (Wildman–Crippen MR) is 99.7 cm³/mol. The van der Waals surface area contributed by atoms with Crippen molar-refractivity contribution in [1.82, 2.24) is 20.6 Å². The van der Waals surface area contributed by atoms with E-state index in [2.05, 4.69) is 36.0 Å². The van der Waals surface area contributed by atoms with Gasteiger partial charge >= 0.3 is 12.0 Å². The van der Waals surface area contributed by atoms with E-state index in [-0.39, 0.29) is 11.5 Å². The summed E-state index contributed by atoms with van der Waals surface area (Å²) in [5.41, 5.74) is 1.24. The molecule has 0 radical (unpaired) electrons. The summed E-state index contributed by atoms with van der Waals surface area (Å²) < 4.78 is 31.1. The van der Waals surface area contributed by atoms with Gasteiger partial charge in [0.05, 0.1) is 12.8 Å². The molecule has 3 rings (SSSR count). The molecule has 11 heteroatoms. The van der Waals surface area contributed by atoms with Crippen LogP contribution in [0.4, 0.5) is 25.0 Å². The Balaban J connectivity index is 1.85. The number of aromatic amines is 1. The Morgan fingerprint density at radius 1 is 1.10 bits per heavy atom. The molecule has 3 N–H and O–H groups in total. The van der Waals surface area contributed by atoms with Crippen LogP contribution in [0.25, 0.3) is 17.5 Å². The lowest BCUT2D eigenvalue weighted by Gasteiger charge is -2.11. The van der Waals surface area contributed by atoms with Crippen LogP contribution in [0.3, 0.4) is 0 Å². The number of tetrazole rings is 1. The number of carbonyl (C=O) groups excluding carboxylic acids is 2. The molecule has 0 bridgehead atoms. The molecule has 0 aliphatic heterocycles. The fourth-order valence-electron chi connectivity index (χ4n) is 2.38. The number of nitrogens with one attached hydrogen (secondary N) is 3. The van der Waals surface area contributed by atoms with Crippen molar-refractivity contribution in [1.29, 1.82) is 0 Å². The Kier molecular flexibility index (Phi) is 5.88. The van der Waals surface area contributed by atoms with Crippen LogP contribution in [0.1, 0.15) is 5.56 Å². The number of hydrogen-bond donors (Lipinski definition) is 3. The lowest BCUT2D eigenvalue weighted by atomic mass is 10.1.